The standard InChI is InChI=1S/C20H27N5O2/c1-15-5-4-10-23(13-15)14-19(26)24-11-8-16(9-12-24)25-20(27)17-6-2-3-7-18(17)21-22-25/h2-3,6-7,15-16H,4-5,8-14H2,1H3/t15-/m0/s1. The predicted molar refractivity (Wildman–Crippen MR) is 103 cm³/mol. The Labute approximate surface area is 158 Å². The van der Waals surface area contributed by atoms with Crippen molar-refractivity contribution in [1.82, 2.24) is 24.8 Å². The number of fused-ring (bicyclic) bond motifs is 1. The van der Waals surface area contributed by atoms with Crippen LogP contribution in [0.3, 0.4) is 0 Å². The summed E-state index contributed by atoms with van der Waals surface area (Å²) < 4.78 is 1.51. The maximum Gasteiger partial charge on any atom is 0.277 e. The Morgan fingerprint density at radius 2 is 1.93 bits per heavy atom. The highest BCUT2D eigenvalue weighted by Crippen LogP contribution is 2.21. The smallest absolute Gasteiger partial charge is 0.277 e. The van der Waals surface area contributed by atoms with Crippen LogP contribution in [0.5, 0.6) is 0 Å². The van der Waals surface area contributed by atoms with Gasteiger partial charge >= 0.3 is 0 Å². The maximum atomic E-state index is 12.7. The summed E-state index contributed by atoms with van der Waals surface area (Å²) in [6, 6.07) is 7.30. The minimum absolute atomic E-state index is 0.00802. The highest BCUT2D eigenvalue weighted by molar-refractivity contribution is 5.78. The zero-order valence-electron chi connectivity index (χ0n) is 15.9. The number of carbonyl (C=O) groups excluding carboxylic acids is 1. The van der Waals surface area contributed by atoms with Gasteiger partial charge in [0.25, 0.3) is 5.56 Å². The Morgan fingerprint density at radius 3 is 2.70 bits per heavy atom. The SMILES string of the molecule is C[C@H]1CCCN(CC(=O)N2CCC(n3nnc4ccccc4c3=O)CC2)C1. The van der Waals surface area contributed by atoms with Crippen molar-refractivity contribution >= 4 is 16.8 Å². The van der Waals surface area contributed by atoms with Crippen molar-refractivity contribution in [3.63, 3.8) is 0 Å². The van der Waals surface area contributed by atoms with E-state index in [1.54, 1.807) is 12.1 Å². The second-order valence-corrected chi connectivity index (χ2v) is 7.95. The van der Waals surface area contributed by atoms with Crippen molar-refractivity contribution in [3.05, 3.63) is 34.6 Å². The molecule has 7 nitrogen and oxygen atoms in total. The molecule has 7 heteroatoms. The first kappa shape index (κ1) is 18.1. The monoisotopic (exact) mass is 369 g/mol. The van der Waals surface area contributed by atoms with Crippen molar-refractivity contribution in [2.75, 3.05) is 32.7 Å². The maximum absolute atomic E-state index is 12.7. The van der Waals surface area contributed by atoms with Crippen molar-refractivity contribution in [2.45, 2.75) is 38.6 Å². The van der Waals surface area contributed by atoms with Gasteiger partial charge in [0, 0.05) is 19.6 Å². The molecule has 0 unspecified atom stereocenters. The van der Waals surface area contributed by atoms with E-state index in [1.807, 2.05) is 17.0 Å². The average molecular weight is 369 g/mol. The van der Waals surface area contributed by atoms with Crippen LogP contribution in [-0.4, -0.2) is 63.4 Å². The van der Waals surface area contributed by atoms with Crippen LogP contribution < -0.4 is 5.56 Å². The molecule has 1 aromatic heterocycles. The number of hydrogen-bond donors (Lipinski definition) is 0. The van der Waals surface area contributed by atoms with Gasteiger partial charge in [-0.3, -0.25) is 14.5 Å². The van der Waals surface area contributed by atoms with Crippen LogP contribution in [0.4, 0.5) is 0 Å². The molecule has 2 aliphatic heterocycles. The summed E-state index contributed by atoms with van der Waals surface area (Å²) in [6.07, 6.45) is 3.93. The lowest BCUT2D eigenvalue weighted by atomic mass is 10.0. The number of carbonyl (C=O) groups is 1. The Bertz CT molecular complexity index is 872. The molecule has 0 bridgehead atoms. The molecule has 27 heavy (non-hydrogen) atoms. The van der Waals surface area contributed by atoms with Crippen molar-refractivity contribution < 1.29 is 4.79 Å². The minimum atomic E-state index is -0.0901. The van der Waals surface area contributed by atoms with E-state index in [-0.39, 0.29) is 17.5 Å². The Kier molecular flexibility index (Phi) is 5.20. The number of hydrogen-bond acceptors (Lipinski definition) is 5. The lowest BCUT2D eigenvalue weighted by Gasteiger charge is -2.35. The molecule has 0 spiro atoms. The van der Waals surface area contributed by atoms with Gasteiger partial charge in [0.2, 0.25) is 5.91 Å². The van der Waals surface area contributed by atoms with Gasteiger partial charge in [-0.2, -0.15) is 0 Å². The van der Waals surface area contributed by atoms with Gasteiger partial charge in [0.1, 0.15) is 5.52 Å². The van der Waals surface area contributed by atoms with Gasteiger partial charge in [-0.25, -0.2) is 4.68 Å². The molecule has 0 aliphatic carbocycles. The van der Waals surface area contributed by atoms with E-state index < -0.39 is 0 Å². The fourth-order valence-electron chi connectivity index (χ4n) is 4.32. The lowest BCUT2D eigenvalue weighted by Crippen LogP contribution is -2.47. The van der Waals surface area contributed by atoms with E-state index in [0.717, 1.165) is 25.9 Å². The molecule has 144 valence electrons. The van der Waals surface area contributed by atoms with Crippen LogP contribution in [0.15, 0.2) is 29.1 Å². The van der Waals surface area contributed by atoms with Gasteiger partial charge in [-0.1, -0.05) is 24.3 Å². The van der Waals surface area contributed by atoms with Gasteiger partial charge in [0.05, 0.1) is 18.0 Å². The average Bonchev–Trinajstić information content (AvgIpc) is 2.69. The number of rotatable bonds is 3. The molecule has 2 saturated heterocycles. The van der Waals surface area contributed by atoms with Crippen molar-refractivity contribution in [1.29, 1.82) is 0 Å². The second kappa shape index (κ2) is 7.76. The first-order valence-corrected chi connectivity index (χ1v) is 9.96. The lowest BCUT2D eigenvalue weighted by molar-refractivity contribution is -0.134. The van der Waals surface area contributed by atoms with E-state index in [0.29, 0.717) is 36.5 Å². The molecule has 0 N–H and O–H groups in total. The molecular formula is C20H27N5O2. The van der Waals surface area contributed by atoms with Gasteiger partial charge in [-0.15, -0.1) is 5.10 Å². The van der Waals surface area contributed by atoms with Gasteiger partial charge < -0.3 is 4.90 Å². The second-order valence-electron chi connectivity index (χ2n) is 7.95. The molecule has 0 radical (unpaired) electrons. The third-order valence-electron chi connectivity index (χ3n) is 5.85. The highest BCUT2D eigenvalue weighted by atomic mass is 16.2. The molecule has 2 aromatic rings. The van der Waals surface area contributed by atoms with E-state index in [1.165, 1.54) is 17.5 Å². The fourth-order valence-corrected chi connectivity index (χ4v) is 4.32. The zero-order chi connectivity index (χ0) is 18.8. The van der Waals surface area contributed by atoms with Gasteiger partial charge in [0.15, 0.2) is 0 Å². The van der Waals surface area contributed by atoms with Crippen LogP contribution in [0.25, 0.3) is 10.9 Å². The quantitative estimate of drug-likeness (QED) is 0.823. The first-order chi connectivity index (χ1) is 13.1. The van der Waals surface area contributed by atoms with E-state index >= 15 is 0 Å². The topological polar surface area (TPSA) is 71.3 Å². The Hall–Kier alpha value is -2.28. The minimum Gasteiger partial charge on any atom is -0.341 e. The van der Waals surface area contributed by atoms with Crippen molar-refractivity contribution in [2.24, 2.45) is 5.92 Å². The van der Waals surface area contributed by atoms with Gasteiger partial charge in [-0.05, 0) is 50.3 Å². The summed E-state index contributed by atoms with van der Waals surface area (Å²) in [5.41, 5.74) is 0.537. The van der Waals surface area contributed by atoms with Crippen LogP contribution in [0, 0.1) is 5.92 Å². The highest BCUT2D eigenvalue weighted by Gasteiger charge is 2.27. The normalized spacial score (nSPS) is 22.3. The first-order valence-electron chi connectivity index (χ1n) is 9.96. The Balaban J connectivity index is 1.38. The summed E-state index contributed by atoms with van der Waals surface area (Å²) in [7, 11) is 0. The third kappa shape index (κ3) is 3.88. The molecule has 3 heterocycles. The summed E-state index contributed by atoms with van der Waals surface area (Å²) >= 11 is 0. The van der Waals surface area contributed by atoms with Crippen LogP contribution in [-0.2, 0) is 4.79 Å². The molecule has 0 saturated carbocycles. The number of aromatic nitrogens is 3. The molecular weight excluding hydrogens is 342 g/mol. The number of amides is 1. The fraction of sp³-hybridized carbons (Fsp3) is 0.600. The number of nitrogens with zero attached hydrogens (tertiary/aromatic N) is 5. The van der Waals surface area contributed by atoms with E-state index in [4.69, 9.17) is 0 Å². The van der Waals surface area contributed by atoms with Crippen molar-refractivity contribution in [3.8, 4) is 0 Å². The summed E-state index contributed by atoms with van der Waals surface area (Å²) in [5, 5.41) is 8.93. The summed E-state index contributed by atoms with van der Waals surface area (Å²) in [6.45, 7) is 6.16. The van der Waals surface area contributed by atoms with E-state index in [2.05, 4.69) is 22.1 Å². The van der Waals surface area contributed by atoms with Crippen LogP contribution in [0.2, 0.25) is 0 Å². The Morgan fingerprint density at radius 1 is 1.15 bits per heavy atom. The number of benzene rings is 1. The molecule has 2 fully saturated rings. The number of likely N-dealkylation sites (tertiary alicyclic amines) is 2. The summed E-state index contributed by atoms with van der Waals surface area (Å²) in [4.78, 5) is 29.6. The third-order valence-corrected chi connectivity index (χ3v) is 5.85. The largest absolute Gasteiger partial charge is 0.341 e. The predicted octanol–water partition coefficient (Wildman–Crippen LogP) is 1.69. The zero-order valence-corrected chi connectivity index (χ0v) is 15.9. The molecule has 1 atom stereocenters. The van der Waals surface area contributed by atoms with Crippen LogP contribution >= 0.6 is 0 Å². The molecule has 1 aromatic carbocycles. The molecule has 1 amide bonds. The molecule has 4 rings (SSSR count). The summed E-state index contributed by atoms with van der Waals surface area (Å²) in [5.74, 6) is 0.884. The molecule has 2 aliphatic rings. The van der Waals surface area contributed by atoms with Crippen LogP contribution in [0.1, 0.15) is 38.6 Å². The van der Waals surface area contributed by atoms with E-state index in [9.17, 15) is 9.59 Å². The number of piperidine rings is 2.